The summed E-state index contributed by atoms with van der Waals surface area (Å²) in [6.45, 7) is 2.01. The highest BCUT2D eigenvalue weighted by Crippen LogP contribution is 2.22. The minimum absolute atomic E-state index is 0.0125. The molecule has 1 N–H and O–H groups in total. The summed E-state index contributed by atoms with van der Waals surface area (Å²) < 4.78 is 0. The van der Waals surface area contributed by atoms with Gasteiger partial charge in [-0.15, -0.1) is 23.2 Å². The van der Waals surface area contributed by atoms with E-state index in [9.17, 15) is 14.9 Å². The lowest BCUT2D eigenvalue weighted by molar-refractivity contribution is -0.384. The molecule has 1 aromatic rings. The number of benzene rings is 1. The first-order valence-corrected chi connectivity index (χ1v) is 7.07. The molecule has 5 nitrogen and oxygen atoms in total. The second-order valence-corrected chi connectivity index (χ2v) is 6.01. The van der Waals surface area contributed by atoms with Crippen molar-refractivity contribution in [1.29, 1.82) is 0 Å². The van der Waals surface area contributed by atoms with E-state index < -0.39 is 4.92 Å². The van der Waals surface area contributed by atoms with E-state index in [4.69, 9.17) is 23.2 Å². The highest BCUT2D eigenvalue weighted by Gasteiger charge is 2.13. The fourth-order valence-corrected chi connectivity index (χ4v) is 1.93. The molecule has 19 heavy (non-hydrogen) atoms. The van der Waals surface area contributed by atoms with Crippen LogP contribution in [0, 0.1) is 10.1 Å². The largest absolute Gasteiger partial charge is 0.345 e. The molecule has 0 radical (unpaired) electrons. The smallest absolute Gasteiger partial charge is 0.283 e. The third-order valence-electron chi connectivity index (χ3n) is 2.20. The van der Waals surface area contributed by atoms with Gasteiger partial charge in [-0.1, -0.05) is 0 Å². The molecule has 0 bridgehead atoms. The zero-order chi connectivity index (χ0) is 14.4. The highest BCUT2D eigenvalue weighted by molar-refractivity contribution is 8.13. The Labute approximate surface area is 124 Å². The third-order valence-corrected chi connectivity index (χ3v) is 4.00. The van der Waals surface area contributed by atoms with Gasteiger partial charge in [0.1, 0.15) is 0 Å². The highest BCUT2D eigenvalue weighted by atomic mass is 35.5. The molecule has 1 amide bonds. The van der Waals surface area contributed by atoms with Crippen LogP contribution in [0.4, 0.5) is 10.5 Å². The van der Waals surface area contributed by atoms with Gasteiger partial charge in [-0.3, -0.25) is 14.9 Å². The number of amides is 1. The predicted octanol–water partition coefficient (Wildman–Crippen LogP) is 3.63. The van der Waals surface area contributed by atoms with E-state index in [0.29, 0.717) is 4.90 Å². The first-order chi connectivity index (χ1) is 8.90. The summed E-state index contributed by atoms with van der Waals surface area (Å²) in [5.74, 6) is 0. The fourth-order valence-electron chi connectivity index (χ4n) is 1.12. The normalized spacial score (nSPS) is 13.6. The minimum Gasteiger partial charge on any atom is -0.345 e. The fraction of sp³-hybridized carbons (Fsp3) is 0.364. The Bertz CT molecular complexity index is 454. The quantitative estimate of drug-likeness (QED) is 0.389. The van der Waals surface area contributed by atoms with Gasteiger partial charge >= 0.3 is 0 Å². The van der Waals surface area contributed by atoms with Gasteiger partial charge in [-0.2, -0.15) is 0 Å². The van der Waals surface area contributed by atoms with E-state index in [1.165, 1.54) is 24.3 Å². The molecule has 0 aliphatic carbocycles. The van der Waals surface area contributed by atoms with Crippen LogP contribution in [-0.4, -0.2) is 27.5 Å². The van der Waals surface area contributed by atoms with Crippen molar-refractivity contribution in [3.05, 3.63) is 34.4 Å². The van der Waals surface area contributed by atoms with E-state index in [0.717, 1.165) is 11.8 Å². The number of nitrogens with zero attached hydrogens (tertiary/aromatic N) is 1. The van der Waals surface area contributed by atoms with Gasteiger partial charge < -0.3 is 5.32 Å². The van der Waals surface area contributed by atoms with Crippen molar-refractivity contribution in [2.75, 3.05) is 6.54 Å². The van der Waals surface area contributed by atoms with Gasteiger partial charge in [0, 0.05) is 29.0 Å². The average Bonchev–Trinajstić information content (AvgIpc) is 2.36. The zero-order valence-corrected chi connectivity index (χ0v) is 12.3. The first-order valence-electron chi connectivity index (χ1n) is 5.38. The van der Waals surface area contributed by atoms with Gasteiger partial charge in [0.05, 0.1) is 10.3 Å². The molecular formula is C11H12Cl2N2O3S. The van der Waals surface area contributed by atoms with Gasteiger partial charge in [-0.25, -0.2) is 0 Å². The molecule has 8 heteroatoms. The summed E-state index contributed by atoms with van der Waals surface area (Å²) in [4.78, 5) is 22.2. The molecular weight excluding hydrogens is 311 g/mol. The van der Waals surface area contributed by atoms with E-state index >= 15 is 0 Å². The lowest BCUT2D eigenvalue weighted by Crippen LogP contribution is -2.30. The molecule has 0 spiro atoms. The van der Waals surface area contributed by atoms with Crippen LogP contribution in [0.1, 0.15) is 6.92 Å². The SMILES string of the molecule is CC(Cl)C(Cl)CNC(=O)Sc1ccc([N+](=O)[O-])cc1. The molecule has 1 rings (SSSR count). The molecule has 104 valence electrons. The van der Waals surface area contributed by atoms with Gasteiger partial charge in [0.2, 0.25) is 0 Å². The summed E-state index contributed by atoms with van der Waals surface area (Å²) >= 11 is 12.6. The number of thioether (sulfide) groups is 1. The van der Waals surface area contributed by atoms with E-state index in [1.807, 2.05) is 0 Å². The van der Waals surface area contributed by atoms with Crippen molar-refractivity contribution >= 4 is 45.9 Å². The van der Waals surface area contributed by atoms with Gasteiger partial charge in [0.25, 0.3) is 10.9 Å². The second kappa shape index (κ2) is 7.57. The Hall–Kier alpha value is -0.980. The van der Waals surface area contributed by atoms with Crippen molar-refractivity contribution < 1.29 is 9.72 Å². The van der Waals surface area contributed by atoms with Gasteiger partial charge in [0.15, 0.2) is 0 Å². The summed E-state index contributed by atoms with van der Waals surface area (Å²) in [6, 6.07) is 5.73. The summed E-state index contributed by atoms with van der Waals surface area (Å²) in [7, 11) is 0. The number of halogens is 2. The maximum Gasteiger partial charge on any atom is 0.283 e. The number of alkyl halides is 2. The van der Waals surface area contributed by atoms with Crippen LogP contribution in [0.2, 0.25) is 0 Å². The Morgan fingerprint density at radius 1 is 1.42 bits per heavy atom. The Balaban J connectivity index is 2.46. The summed E-state index contributed by atoms with van der Waals surface area (Å²) in [5, 5.41) is 12.2. The third kappa shape index (κ3) is 5.67. The number of rotatable bonds is 5. The second-order valence-electron chi connectivity index (χ2n) is 3.71. The van der Waals surface area contributed by atoms with Crippen LogP contribution in [-0.2, 0) is 0 Å². The first kappa shape index (κ1) is 16.1. The topological polar surface area (TPSA) is 72.2 Å². The lowest BCUT2D eigenvalue weighted by atomic mass is 10.3. The van der Waals surface area contributed by atoms with Crippen molar-refractivity contribution in [3.8, 4) is 0 Å². The van der Waals surface area contributed by atoms with Crippen LogP contribution in [0.3, 0.4) is 0 Å². The van der Waals surface area contributed by atoms with E-state index in [-0.39, 0.29) is 28.2 Å². The van der Waals surface area contributed by atoms with Gasteiger partial charge in [-0.05, 0) is 30.8 Å². The summed E-state index contributed by atoms with van der Waals surface area (Å²) in [5.41, 5.74) is -0.0125. The number of carbonyl (C=O) groups excluding carboxylic acids is 1. The molecule has 0 aromatic heterocycles. The minimum atomic E-state index is -0.492. The van der Waals surface area contributed by atoms with Crippen LogP contribution in [0.25, 0.3) is 0 Å². The number of non-ortho nitro benzene ring substituents is 1. The van der Waals surface area contributed by atoms with Crippen molar-refractivity contribution in [2.24, 2.45) is 0 Å². The van der Waals surface area contributed by atoms with Crippen LogP contribution < -0.4 is 5.32 Å². The maximum atomic E-state index is 11.6. The molecule has 2 atom stereocenters. The molecule has 1 aromatic carbocycles. The molecule has 0 heterocycles. The molecule has 0 saturated heterocycles. The molecule has 2 unspecified atom stereocenters. The lowest BCUT2D eigenvalue weighted by Gasteiger charge is -2.12. The Morgan fingerprint density at radius 2 is 2.00 bits per heavy atom. The summed E-state index contributed by atoms with van der Waals surface area (Å²) in [6.07, 6.45) is 0. The number of nitrogens with one attached hydrogen (secondary N) is 1. The number of nitro benzene ring substituents is 1. The number of hydrogen-bond acceptors (Lipinski definition) is 4. The number of hydrogen-bond donors (Lipinski definition) is 1. The predicted molar refractivity (Wildman–Crippen MR) is 77.3 cm³/mol. The van der Waals surface area contributed by atoms with Crippen molar-refractivity contribution in [3.63, 3.8) is 0 Å². The van der Waals surface area contributed by atoms with Crippen LogP contribution in [0.15, 0.2) is 29.2 Å². The van der Waals surface area contributed by atoms with Crippen LogP contribution >= 0.6 is 35.0 Å². The molecule has 0 aliphatic heterocycles. The van der Waals surface area contributed by atoms with E-state index in [2.05, 4.69) is 5.32 Å². The molecule has 0 saturated carbocycles. The monoisotopic (exact) mass is 322 g/mol. The Morgan fingerprint density at radius 3 is 2.47 bits per heavy atom. The van der Waals surface area contributed by atoms with E-state index in [1.54, 1.807) is 6.92 Å². The standard InChI is InChI=1S/C11H12Cl2N2O3S/c1-7(12)10(13)6-14-11(16)19-9-4-2-8(3-5-9)15(17)18/h2-5,7,10H,6H2,1H3,(H,14,16). The van der Waals surface area contributed by atoms with Crippen molar-refractivity contribution in [1.82, 2.24) is 5.32 Å². The number of carbonyl (C=O) groups is 1. The molecule has 0 fully saturated rings. The van der Waals surface area contributed by atoms with Crippen molar-refractivity contribution in [2.45, 2.75) is 22.6 Å². The Kier molecular flexibility index (Phi) is 6.41. The zero-order valence-electron chi connectivity index (χ0n) is 10.0. The number of nitro groups is 1. The molecule has 0 aliphatic rings. The van der Waals surface area contributed by atoms with Crippen LogP contribution in [0.5, 0.6) is 0 Å². The maximum absolute atomic E-state index is 11.6. The average molecular weight is 323 g/mol.